The third-order valence-electron chi connectivity index (χ3n) is 3.30. The number of nitrogens with one attached hydrogen (secondary N) is 1. The van der Waals surface area contributed by atoms with E-state index in [2.05, 4.69) is 10.3 Å². The van der Waals surface area contributed by atoms with Crippen molar-refractivity contribution >= 4 is 5.91 Å². The van der Waals surface area contributed by atoms with E-state index >= 15 is 0 Å². The number of halogens is 2. The van der Waals surface area contributed by atoms with Gasteiger partial charge in [-0.2, -0.15) is 0 Å². The van der Waals surface area contributed by atoms with Crippen LogP contribution in [0, 0.1) is 0 Å². The van der Waals surface area contributed by atoms with Crippen molar-refractivity contribution in [3.63, 3.8) is 0 Å². The lowest BCUT2D eigenvalue weighted by atomic mass is 9.95. The summed E-state index contributed by atoms with van der Waals surface area (Å²) < 4.78 is 25.5. The fraction of sp³-hybridized carbons (Fsp3) is 0.538. The number of amides is 1. The summed E-state index contributed by atoms with van der Waals surface area (Å²) >= 11 is 0. The number of carbonyl (C=O) groups excluding carboxylic acids is 1. The summed E-state index contributed by atoms with van der Waals surface area (Å²) in [5.74, 6) is -0.885. The third kappa shape index (κ3) is 3.39. The second kappa shape index (κ2) is 5.95. The Kier molecular flexibility index (Phi) is 4.29. The van der Waals surface area contributed by atoms with Crippen LogP contribution in [0.4, 0.5) is 8.78 Å². The molecule has 0 saturated heterocycles. The van der Waals surface area contributed by atoms with E-state index in [1.165, 1.54) is 0 Å². The first-order chi connectivity index (χ1) is 9.08. The van der Waals surface area contributed by atoms with Crippen LogP contribution in [0.1, 0.15) is 54.6 Å². The van der Waals surface area contributed by atoms with Crippen LogP contribution < -0.4 is 5.32 Å². The quantitative estimate of drug-likeness (QED) is 0.887. The summed E-state index contributed by atoms with van der Waals surface area (Å²) in [5.41, 5.74) is -0.841. The zero-order valence-corrected chi connectivity index (χ0v) is 10.4. The summed E-state index contributed by atoms with van der Waals surface area (Å²) in [6, 6.07) is 1.06. The minimum Gasteiger partial charge on any atom is -0.506 e. The maximum atomic E-state index is 12.8. The monoisotopic (exact) mass is 270 g/mol. The Morgan fingerprint density at radius 3 is 2.68 bits per heavy atom. The Morgan fingerprint density at radius 1 is 1.37 bits per heavy atom. The number of pyridine rings is 1. The molecule has 2 rings (SSSR count). The second-order valence-electron chi connectivity index (χ2n) is 4.74. The van der Waals surface area contributed by atoms with Crippen LogP contribution in [-0.4, -0.2) is 22.0 Å². The molecule has 0 radical (unpaired) electrons. The molecule has 2 N–H and O–H groups in total. The van der Waals surface area contributed by atoms with E-state index in [1.807, 2.05) is 0 Å². The fourth-order valence-corrected chi connectivity index (χ4v) is 2.33. The molecule has 1 heterocycles. The van der Waals surface area contributed by atoms with Crippen molar-refractivity contribution in [2.75, 3.05) is 0 Å². The van der Waals surface area contributed by atoms with Gasteiger partial charge in [-0.05, 0) is 18.9 Å². The molecule has 19 heavy (non-hydrogen) atoms. The van der Waals surface area contributed by atoms with E-state index < -0.39 is 18.0 Å². The Bertz CT molecular complexity index is 460. The van der Waals surface area contributed by atoms with E-state index in [4.69, 9.17) is 0 Å². The molecule has 0 unspecified atom stereocenters. The average Bonchev–Trinajstić information content (AvgIpc) is 2.39. The summed E-state index contributed by atoms with van der Waals surface area (Å²) in [7, 11) is 0. The number of aromatic hydroxyl groups is 1. The van der Waals surface area contributed by atoms with E-state index in [9.17, 15) is 18.7 Å². The highest BCUT2D eigenvalue weighted by atomic mass is 19.3. The van der Waals surface area contributed by atoms with E-state index in [0.29, 0.717) is 0 Å². The molecule has 1 aliphatic carbocycles. The van der Waals surface area contributed by atoms with Gasteiger partial charge in [0.15, 0.2) is 0 Å². The van der Waals surface area contributed by atoms with Crippen LogP contribution in [0.25, 0.3) is 0 Å². The van der Waals surface area contributed by atoms with Crippen molar-refractivity contribution in [3.8, 4) is 5.75 Å². The number of nitrogens with zero attached hydrogens (tertiary/aromatic N) is 1. The molecule has 0 atom stereocenters. The van der Waals surface area contributed by atoms with Gasteiger partial charge in [0.25, 0.3) is 12.3 Å². The highest BCUT2D eigenvalue weighted by Crippen LogP contribution is 2.24. The van der Waals surface area contributed by atoms with Crippen molar-refractivity contribution in [1.29, 1.82) is 0 Å². The Labute approximate surface area is 109 Å². The molecule has 0 spiro atoms. The minimum atomic E-state index is -2.84. The molecule has 1 fully saturated rings. The summed E-state index contributed by atoms with van der Waals surface area (Å²) in [4.78, 5) is 15.4. The van der Waals surface area contributed by atoms with Crippen LogP contribution in [0.3, 0.4) is 0 Å². The first-order valence-electron chi connectivity index (χ1n) is 6.36. The SMILES string of the molecule is O=C(NC1CCCCC1)c1cc(O)cnc1C(F)F. The van der Waals surface area contributed by atoms with Crippen molar-refractivity contribution in [2.24, 2.45) is 0 Å². The van der Waals surface area contributed by atoms with E-state index in [-0.39, 0.29) is 17.4 Å². The van der Waals surface area contributed by atoms with Crippen LogP contribution in [0.2, 0.25) is 0 Å². The van der Waals surface area contributed by atoms with Gasteiger partial charge >= 0.3 is 0 Å². The molecule has 104 valence electrons. The van der Waals surface area contributed by atoms with Crippen LogP contribution in [-0.2, 0) is 0 Å². The zero-order chi connectivity index (χ0) is 13.8. The van der Waals surface area contributed by atoms with Gasteiger partial charge in [0.05, 0.1) is 11.8 Å². The lowest BCUT2D eigenvalue weighted by Gasteiger charge is -2.23. The van der Waals surface area contributed by atoms with Crippen molar-refractivity contribution in [2.45, 2.75) is 44.6 Å². The van der Waals surface area contributed by atoms with Gasteiger partial charge in [0.1, 0.15) is 11.4 Å². The van der Waals surface area contributed by atoms with Gasteiger partial charge in [-0.25, -0.2) is 8.78 Å². The van der Waals surface area contributed by atoms with Gasteiger partial charge in [0, 0.05) is 6.04 Å². The number of alkyl halides is 2. The number of carbonyl (C=O) groups is 1. The first kappa shape index (κ1) is 13.7. The predicted molar refractivity (Wildman–Crippen MR) is 65.2 cm³/mol. The van der Waals surface area contributed by atoms with E-state index in [0.717, 1.165) is 44.4 Å². The van der Waals surface area contributed by atoms with Gasteiger partial charge in [-0.15, -0.1) is 0 Å². The molecule has 0 aliphatic heterocycles. The minimum absolute atomic E-state index is 0.0223. The molecular weight excluding hydrogens is 254 g/mol. The molecule has 1 amide bonds. The topological polar surface area (TPSA) is 62.2 Å². The maximum absolute atomic E-state index is 12.8. The smallest absolute Gasteiger partial charge is 0.281 e. The summed E-state index contributed by atoms with van der Waals surface area (Å²) in [6.45, 7) is 0. The largest absolute Gasteiger partial charge is 0.506 e. The summed E-state index contributed by atoms with van der Waals surface area (Å²) in [5, 5.41) is 12.0. The lowest BCUT2D eigenvalue weighted by Crippen LogP contribution is -2.36. The highest BCUT2D eigenvalue weighted by molar-refractivity contribution is 5.95. The Morgan fingerprint density at radius 2 is 2.05 bits per heavy atom. The second-order valence-corrected chi connectivity index (χ2v) is 4.74. The van der Waals surface area contributed by atoms with Crippen molar-refractivity contribution in [1.82, 2.24) is 10.3 Å². The van der Waals surface area contributed by atoms with Gasteiger partial charge < -0.3 is 10.4 Å². The van der Waals surface area contributed by atoms with Crippen molar-refractivity contribution < 1.29 is 18.7 Å². The van der Waals surface area contributed by atoms with E-state index in [1.54, 1.807) is 0 Å². The molecule has 1 aliphatic rings. The number of rotatable bonds is 3. The molecule has 1 saturated carbocycles. The van der Waals surface area contributed by atoms with Gasteiger partial charge in [-0.1, -0.05) is 19.3 Å². The molecule has 0 bridgehead atoms. The Balaban J connectivity index is 2.15. The Hall–Kier alpha value is -1.72. The zero-order valence-electron chi connectivity index (χ0n) is 10.4. The average molecular weight is 270 g/mol. The number of hydrogen-bond donors (Lipinski definition) is 2. The molecule has 1 aromatic heterocycles. The van der Waals surface area contributed by atoms with Crippen LogP contribution in [0.5, 0.6) is 5.75 Å². The van der Waals surface area contributed by atoms with Crippen molar-refractivity contribution in [3.05, 3.63) is 23.5 Å². The molecule has 0 aromatic carbocycles. The lowest BCUT2D eigenvalue weighted by molar-refractivity contribution is 0.0911. The van der Waals surface area contributed by atoms with Gasteiger partial charge in [0.2, 0.25) is 0 Å². The molecular formula is C13H16F2N2O2. The third-order valence-corrected chi connectivity index (χ3v) is 3.30. The normalized spacial score (nSPS) is 16.6. The molecule has 6 heteroatoms. The van der Waals surface area contributed by atoms with Crippen LogP contribution in [0.15, 0.2) is 12.3 Å². The standard InChI is InChI=1S/C13H16F2N2O2/c14-12(15)11-10(6-9(18)7-16-11)13(19)17-8-4-2-1-3-5-8/h6-8,12,18H,1-5H2,(H,17,19). The maximum Gasteiger partial charge on any atom is 0.281 e. The van der Waals surface area contributed by atoms with Gasteiger partial charge in [-0.3, -0.25) is 9.78 Å². The first-order valence-corrected chi connectivity index (χ1v) is 6.36. The number of aromatic nitrogens is 1. The predicted octanol–water partition coefficient (Wildman–Crippen LogP) is 2.79. The number of hydrogen-bond acceptors (Lipinski definition) is 3. The molecule has 4 nitrogen and oxygen atoms in total. The summed E-state index contributed by atoms with van der Waals surface area (Å²) in [6.07, 6.45) is 3.01. The molecule has 1 aromatic rings. The van der Waals surface area contributed by atoms with Crippen LogP contribution >= 0.6 is 0 Å². The highest BCUT2D eigenvalue weighted by Gasteiger charge is 2.23. The fourth-order valence-electron chi connectivity index (χ4n) is 2.33.